The van der Waals surface area contributed by atoms with E-state index in [-0.39, 0.29) is 17.8 Å². The smallest absolute Gasteiger partial charge is 0.264 e. The first-order chi connectivity index (χ1) is 9.54. The van der Waals surface area contributed by atoms with E-state index in [1.54, 1.807) is 6.07 Å². The highest BCUT2D eigenvalue weighted by Gasteiger charge is 2.28. The number of halogens is 1. The van der Waals surface area contributed by atoms with Crippen LogP contribution in [0.5, 0.6) is 0 Å². The van der Waals surface area contributed by atoms with Gasteiger partial charge in [-0.15, -0.1) is 11.3 Å². The van der Waals surface area contributed by atoms with Gasteiger partial charge in [-0.2, -0.15) is 0 Å². The zero-order valence-corrected chi connectivity index (χ0v) is 12.3. The van der Waals surface area contributed by atoms with E-state index in [2.05, 4.69) is 12.2 Å². The van der Waals surface area contributed by atoms with Crippen LogP contribution in [-0.4, -0.2) is 36.0 Å². The minimum atomic E-state index is -0.262. The van der Waals surface area contributed by atoms with Crippen LogP contribution < -0.4 is 5.32 Å². The monoisotopic (exact) mass is 292 g/mol. The molecule has 2 atom stereocenters. The minimum absolute atomic E-state index is 0.0486. The summed E-state index contributed by atoms with van der Waals surface area (Å²) in [5.74, 6) is -0.213. The van der Waals surface area contributed by atoms with Crippen LogP contribution >= 0.6 is 11.3 Å². The van der Waals surface area contributed by atoms with Crippen molar-refractivity contribution in [3.63, 3.8) is 0 Å². The van der Waals surface area contributed by atoms with Crippen molar-refractivity contribution < 1.29 is 9.18 Å². The Bertz CT molecular complexity index is 654. The third-order valence-corrected chi connectivity index (χ3v) is 4.80. The summed E-state index contributed by atoms with van der Waals surface area (Å²) in [7, 11) is 0. The standard InChI is InChI=1S/C15H17FN2OS/c1-9-8-18(10(2)7-17-9)15(19)14-5-11-3-4-12(16)6-13(11)20-14/h3-6,9-10,17H,7-8H2,1-2H3. The van der Waals surface area contributed by atoms with E-state index in [9.17, 15) is 9.18 Å². The third kappa shape index (κ3) is 2.43. The summed E-state index contributed by atoms with van der Waals surface area (Å²) >= 11 is 1.36. The average Bonchev–Trinajstić information content (AvgIpc) is 2.83. The van der Waals surface area contributed by atoms with Gasteiger partial charge in [-0.3, -0.25) is 4.79 Å². The van der Waals surface area contributed by atoms with Crippen molar-refractivity contribution in [1.82, 2.24) is 10.2 Å². The lowest BCUT2D eigenvalue weighted by atomic mass is 10.1. The van der Waals surface area contributed by atoms with Gasteiger partial charge in [0.05, 0.1) is 4.88 Å². The van der Waals surface area contributed by atoms with Gasteiger partial charge in [0, 0.05) is 29.9 Å². The van der Waals surface area contributed by atoms with E-state index in [4.69, 9.17) is 0 Å². The Morgan fingerprint density at radius 3 is 3.00 bits per heavy atom. The lowest BCUT2D eigenvalue weighted by Gasteiger charge is -2.37. The lowest BCUT2D eigenvalue weighted by Crippen LogP contribution is -2.56. The van der Waals surface area contributed by atoms with Gasteiger partial charge < -0.3 is 10.2 Å². The van der Waals surface area contributed by atoms with Crippen LogP contribution in [-0.2, 0) is 0 Å². The maximum Gasteiger partial charge on any atom is 0.264 e. The highest BCUT2D eigenvalue weighted by atomic mass is 32.1. The van der Waals surface area contributed by atoms with Gasteiger partial charge in [0.1, 0.15) is 5.82 Å². The van der Waals surface area contributed by atoms with E-state index in [0.717, 1.165) is 16.6 Å². The molecule has 2 unspecified atom stereocenters. The molecule has 0 bridgehead atoms. The summed E-state index contributed by atoms with van der Waals surface area (Å²) in [6, 6.07) is 6.99. The van der Waals surface area contributed by atoms with Gasteiger partial charge in [-0.25, -0.2) is 4.39 Å². The van der Waals surface area contributed by atoms with Crippen molar-refractivity contribution in [1.29, 1.82) is 0 Å². The number of benzene rings is 1. The van der Waals surface area contributed by atoms with Crippen LogP contribution in [0.3, 0.4) is 0 Å². The maximum atomic E-state index is 13.2. The summed E-state index contributed by atoms with van der Waals surface area (Å²) in [4.78, 5) is 15.2. The number of hydrogen-bond donors (Lipinski definition) is 1. The molecule has 2 heterocycles. The third-order valence-electron chi connectivity index (χ3n) is 3.72. The van der Waals surface area contributed by atoms with Crippen LogP contribution in [0.25, 0.3) is 10.1 Å². The second kappa shape index (κ2) is 5.14. The molecule has 0 aliphatic carbocycles. The van der Waals surface area contributed by atoms with E-state index < -0.39 is 0 Å². The number of hydrogen-bond acceptors (Lipinski definition) is 3. The second-order valence-corrected chi connectivity index (χ2v) is 6.49. The Morgan fingerprint density at radius 2 is 2.20 bits per heavy atom. The molecule has 1 aliphatic rings. The van der Waals surface area contributed by atoms with E-state index in [0.29, 0.717) is 17.5 Å². The second-order valence-electron chi connectivity index (χ2n) is 5.41. The summed E-state index contributed by atoms with van der Waals surface area (Å²) < 4.78 is 14.0. The van der Waals surface area contributed by atoms with Crippen LogP contribution in [0.4, 0.5) is 4.39 Å². The summed E-state index contributed by atoms with van der Waals surface area (Å²) in [5.41, 5.74) is 0. The molecule has 5 heteroatoms. The Kier molecular flexibility index (Phi) is 3.48. The van der Waals surface area contributed by atoms with Crippen LogP contribution in [0.15, 0.2) is 24.3 Å². The molecule has 1 aromatic heterocycles. The Balaban J connectivity index is 1.91. The number of rotatable bonds is 1. The van der Waals surface area contributed by atoms with Gasteiger partial charge in [0.25, 0.3) is 5.91 Å². The molecule has 1 fully saturated rings. The first-order valence-electron chi connectivity index (χ1n) is 6.78. The molecule has 1 N–H and O–H groups in total. The molecule has 1 amide bonds. The number of piperazine rings is 1. The Labute approximate surface area is 121 Å². The molecular formula is C15H17FN2OS. The number of nitrogens with zero attached hydrogens (tertiary/aromatic N) is 1. The van der Waals surface area contributed by atoms with E-state index >= 15 is 0 Å². The van der Waals surface area contributed by atoms with Gasteiger partial charge in [-0.05, 0) is 37.4 Å². The highest BCUT2D eigenvalue weighted by molar-refractivity contribution is 7.20. The molecule has 1 aliphatic heterocycles. The van der Waals surface area contributed by atoms with Crippen molar-refractivity contribution in [2.45, 2.75) is 25.9 Å². The summed E-state index contributed by atoms with van der Waals surface area (Å²) in [6.45, 7) is 5.64. The van der Waals surface area contributed by atoms with Crippen molar-refractivity contribution >= 4 is 27.3 Å². The molecule has 3 rings (SSSR count). The Hall–Kier alpha value is -1.46. The number of amides is 1. The van der Waals surface area contributed by atoms with E-state index in [1.165, 1.54) is 23.5 Å². The molecule has 0 saturated carbocycles. The lowest BCUT2D eigenvalue weighted by molar-refractivity contribution is 0.0621. The highest BCUT2D eigenvalue weighted by Crippen LogP contribution is 2.28. The molecule has 1 saturated heterocycles. The van der Waals surface area contributed by atoms with Crippen LogP contribution in [0.1, 0.15) is 23.5 Å². The predicted octanol–water partition coefficient (Wildman–Crippen LogP) is 2.86. The molecule has 1 aromatic carbocycles. The quantitative estimate of drug-likeness (QED) is 0.876. The zero-order chi connectivity index (χ0) is 14.3. The number of carbonyl (C=O) groups excluding carboxylic acids is 1. The predicted molar refractivity (Wildman–Crippen MR) is 79.7 cm³/mol. The van der Waals surface area contributed by atoms with Crippen molar-refractivity contribution in [3.05, 3.63) is 35.0 Å². The minimum Gasteiger partial charge on any atom is -0.332 e. The summed E-state index contributed by atoms with van der Waals surface area (Å²) in [6.07, 6.45) is 0. The largest absolute Gasteiger partial charge is 0.332 e. The molecule has 20 heavy (non-hydrogen) atoms. The van der Waals surface area contributed by atoms with Gasteiger partial charge in [0.15, 0.2) is 0 Å². The van der Waals surface area contributed by atoms with Gasteiger partial charge in [0.2, 0.25) is 0 Å². The molecule has 0 radical (unpaired) electrons. The molecule has 0 spiro atoms. The fourth-order valence-electron chi connectivity index (χ4n) is 2.56. The van der Waals surface area contributed by atoms with Crippen LogP contribution in [0, 0.1) is 5.82 Å². The average molecular weight is 292 g/mol. The normalized spacial score (nSPS) is 23.2. The Morgan fingerprint density at radius 1 is 1.40 bits per heavy atom. The fraction of sp³-hybridized carbons (Fsp3) is 0.400. The van der Waals surface area contributed by atoms with E-state index in [1.807, 2.05) is 17.9 Å². The first kappa shape index (κ1) is 13.5. The van der Waals surface area contributed by atoms with Crippen LogP contribution in [0.2, 0.25) is 0 Å². The molecule has 3 nitrogen and oxygen atoms in total. The SMILES string of the molecule is CC1CN(C(=O)c2cc3ccc(F)cc3s2)C(C)CN1. The number of fused-ring (bicyclic) bond motifs is 1. The first-order valence-corrected chi connectivity index (χ1v) is 7.59. The van der Waals surface area contributed by atoms with Gasteiger partial charge in [-0.1, -0.05) is 6.07 Å². The topological polar surface area (TPSA) is 32.3 Å². The summed E-state index contributed by atoms with van der Waals surface area (Å²) in [5, 5.41) is 4.29. The van der Waals surface area contributed by atoms with Crippen molar-refractivity contribution in [3.8, 4) is 0 Å². The molecule has 106 valence electrons. The number of thiophene rings is 1. The maximum absolute atomic E-state index is 13.2. The van der Waals surface area contributed by atoms with Gasteiger partial charge >= 0.3 is 0 Å². The zero-order valence-electron chi connectivity index (χ0n) is 11.5. The van der Waals surface area contributed by atoms with Crippen molar-refractivity contribution in [2.24, 2.45) is 0 Å². The molecular weight excluding hydrogens is 275 g/mol. The number of nitrogens with one attached hydrogen (secondary N) is 1. The fourth-order valence-corrected chi connectivity index (χ4v) is 3.60. The van der Waals surface area contributed by atoms with Crippen molar-refractivity contribution in [2.75, 3.05) is 13.1 Å². The molecule has 2 aromatic rings. The number of carbonyl (C=O) groups is 1.